The third-order valence-corrected chi connectivity index (χ3v) is 17.5. The molecule has 9 aromatic rings. The minimum atomic E-state index is -0.515. The van der Waals surface area contributed by atoms with Crippen LogP contribution in [-0.2, 0) is 34.3 Å². The fraction of sp³-hybridized carbons (Fsp3) is 0.0364. The molecule has 0 saturated heterocycles. The van der Waals surface area contributed by atoms with E-state index in [2.05, 4.69) is 265 Å². The van der Waals surface area contributed by atoms with E-state index >= 15 is 0 Å². The molecule has 0 aromatic heterocycles. The van der Waals surface area contributed by atoms with Gasteiger partial charge in [0.2, 0.25) is 0 Å². The van der Waals surface area contributed by atoms with E-state index in [1.54, 1.807) is 0 Å². The maximum Gasteiger partial charge on any atom is 0.00137 e. The summed E-state index contributed by atoms with van der Waals surface area (Å²) in [6.07, 6.45) is 2.07. The Labute approximate surface area is 379 Å². The molecule has 301 valence electrons. The number of fused-ring (bicyclic) bond motifs is 1. The van der Waals surface area contributed by atoms with Gasteiger partial charge in [0.05, 0.1) is 0 Å². The largest absolute Gasteiger partial charge is 0.0622 e. The van der Waals surface area contributed by atoms with Gasteiger partial charge in [-0.05, 0) is 82.8 Å². The zero-order valence-electron chi connectivity index (χ0n) is 33.6. The Morgan fingerprint density at radius 2 is 0.541 bits per heavy atom. The number of benzene rings is 9. The molecule has 9 aromatic carbocycles. The number of rotatable bonds is 11. The predicted molar refractivity (Wildman–Crippen MR) is 264 cm³/mol. The Morgan fingerprint density at radius 3 is 0.787 bits per heavy atom. The van der Waals surface area contributed by atoms with E-state index in [0.717, 1.165) is 12.3 Å². The third kappa shape index (κ3) is 12.6. The van der Waals surface area contributed by atoms with Crippen molar-refractivity contribution in [2.24, 2.45) is 0 Å². The van der Waals surface area contributed by atoms with Gasteiger partial charge in [-0.3, -0.25) is 0 Å². The standard InChI is InChI=1S/C36H30P2.C18H15P.CO.ClH.Ru/c1-5-19-32(20-6-1)37(33-21-7-2-8-22-33)27-30-17-13-15-29-16-14-18-31(36(29)30)28-38(34-23-9-3-10-24-34)35-25-11-4-12-26-35;1-4-10-16(11-5-1)19(17-12-6-2-7-13-17)18-14-8-3-9-15-18;1-2;;/h1-26H,27-28H2;1-15H;;1H;/q;;;;+1/p-1. The fourth-order valence-corrected chi connectivity index (χ4v) is 14.3. The summed E-state index contributed by atoms with van der Waals surface area (Å²) in [5.41, 5.74) is 2.90. The molecular weight excluding hydrogens is 906 g/mol. The second kappa shape index (κ2) is 25.2. The van der Waals surface area contributed by atoms with Crippen LogP contribution < -0.4 is 37.1 Å². The van der Waals surface area contributed by atoms with Crippen molar-refractivity contribution in [1.29, 1.82) is 0 Å². The van der Waals surface area contributed by atoms with Gasteiger partial charge >= 0.3 is 38.3 Å². The van der Waals surface area contributed by atoms with Gasteiger partial charge in [0.15, 0.2) is 0 Å². The van der Waals surface area contributed by atoms with Crippen molar-refractivity contribution in [3.63, 3.8) is 0 Å². The van der Waals surface area contributed by atoms with Crippen LogP contribution in [0.4, 0.5) is 0 Å². The molecule has 0 amide bonds. The van der Waals surface area contributed by atoms with Gasteiger partial charge in [0, 0.05) is 12.3 Å². The smallest absolute Gasteiger partial charge is 0.00137 e. The van der Waals surface area contributed by atoms with Gasteiger partial charge in [-0.2, -0.15) is 0 Å². The molecule has 0 spiro atoms. The molecule has 0 aliphatic rings. The minimum absolute atomic E-state index is 0.446. The third-order valence-electron chi connectivity index (χ3n) is 10.0. The topological polar surface area (TPSA) is 19.9 Å². The first-order valence-electron chi connectivity index (χ1n) is 19.9. The molecule has 0 aliphatic carbocycles. The molecule has 61 heavy (non-hydrogen) atoms. The minimum Gasteiger partial charge on any atom is -0.0622 e. The summed E-state index contributed by atoms with van der Waals surface area (Å²) in [6, 6.07) is 90.4. The maximum atomic E-state index is 7.50. The van der Waals surface area contributed by atoms with Crippen LogP contribution >= 0.6 is 33.5 Å². The first-order valence-corrected chi connectivity index (χ1v) is 26.5. The van der Waals surface area contributed by atoms with E-state index in [0.29, 0.717) is 0 Å². The van der Waals surface area contributed by atoms with E-state index < -0.39 is 23.8 Å². The summed E-state index contributed by atoms with van der Waals surface area (Å²) in [5.74, 6) is 0. The summed E-state index contributed by atoms with van der Waals surface area (Å²) < 4.78 is 7.50. The number of hydrogen-bond donors (Lipinski definition) is 0. The Balaban J connectivity index is 0.000000227. The van der Waals surface area contributed by atoms with Gasteiger partial charge in [0.25, 0.3) is 0 Å². The molecule has 0 saturated carbocycles. The van der Waals surface area contributed by atoms with E-state index in [4.69, 9.17) is 4.65 Å². The average molecular weight is 951 g/mol. The fourth-order valence-electron chi connectivity index (χ4n) is 7.38. The molecule has 0 aliphatic heterocycles. The van der Waals surface area contributed by atoms with Gasteiger partial charge in [0.1, 0.15) is 0 Å². The van der Waals surface area contributed by atoms with Crippen LogP contribution in [-0.4, -0.2) is 0 Å². The van der Waals surface area contributed by atoms with E-state index in [9.17, 15) is 0 Å². The van der Waals surface area contributed by atoms with Crippen molar-refractivity contribution < 1.29 is 22.0 Å². The summed E-state index contributed by atoms with van der Waals surface area (Å²) in [4.78, 5) is 0. The van der Waals surface area contributed by atoms with Gasteiger partial charge < -0.3 is 0 Å². The van der Waals surface area contributed by atoms with Crippen LogP contribution in [0.25, 0.3) is 10.8 Å². The van der Waals surface area contributed by atoms with E-state index in [1.807, 2.05) is 17.3 Å². The van der Waals surface area contributed by atoms with Crippen LogP contribution in [0.1, 0.15) is 11.1 Å². The molecule has 6 heteroatoms. The van der Waals surface area contributed by atoms with Crippen molar-refractivity contribution in [2.45, 2.75) is 12.3 Å². The molecule has 9 rings (SSSR count). The van der Waals surface area contributed by atoms with E-state index in [-0.39, 0.29) is 0 Å². The van der Waals surface area contributed by atoms with Gasteiger partial charge in [-0.15, -0.1) is 0 Å². The monoisotopic (exact) mass is 951 g/mol. The molecule has 0 fully saturated rings. The summed E-state index contributed by atoms with van der Waals surface area (Å²) in [6.45, 7) is 4.50. The van der Waals surface area contributed by atoms with Crippen LogP contribution in [0.3, 0.4) is 0 Å². The second-order valence-electron chi connectivity index (χ2n) is 13.8. The van der Waals surface area contributed by atoms with Crippen LogP contribution in [0, 0.1) is 6.65 Å². The Kier molecular flexibility index (Phi) is 18.9. The van der Waals surface area contributed by atoms with Crippen LogP contribution in [0.2, 0.25) is 0 Å². The molecule has 1 nitrogen and oxygen atoms in total. The van der Waals surface area contributed by atoms with Gasteiger partial charge in [-0.1, -0.05) is 249 Å². The molecular formula is C55H45ClOP3Ru. The van der Waals surface area contributed by atoms with Crippen molar-refractivity contribution >= 4 is 81.4 Å². The van der Waals surface area contributed by atoms with Crippen molar-refractivity contribution in [3.8, 4) is 0 Å². The maximum absolute atomic E-state index is 7.50. The normalized spacial score (nSPS) is 10.5. The van der Waals surface area contributed by atoms with Crippen LogP contribution in [0.5, 0.6) is 0 Å². The molecule has 0 unspecified atom stereocenters. The molecule has 0 radical (unpaired) electrons. The summed E-state index contributed by atoms with van der Waals surface area (Å²) >= 11 is 1.82. The van der Waals surface area contributed by atoms with Crippen molar-refractivity contribution in [2.75, 3.05) is 0 Å². The second-order valence-corrected chi connectivity index (χ2v) is 20.4. The zero-order valence-corrected chi connectivity index (χ0v) is 38.7. The molecule has 0 N–H and O–H groups in total. The van der Waals surface area contributed by atoms with Crippen LogP contribution in [0.15, 0.2) is 249 Å². The van der Waals surface area contributed by atoms with E-state index in [1.165, 1.54) is 59.0 Å². The quantitative estimate of drug-likeness (QED) is 0.0533. The summed E-state index contributed by atoms with van der Waals surface area (Å²) in [7, 11) is 3.09. The van der Waals surface area contributed by atoms with Crippen molar-refractivity contribution in [3.05, 3.63) is 266 Å². The zero-order chi connectivity index (χ0) is 42.5. The van der Waals surface area contributed by atoms with Gasteiger partial charge in [-0.25, -0.2) is 0 Å². The SMILES string of the molecule is [C-]#[O+].[Cl][Ru].c1ccc(P(Cc2cccc3cccc(CP(c4ccccc4)c4ccccc4)c23)c2ccccc2)cc1.c1ccc(P(c2ccccc2)c2ccccc2)cc1. The first kappa shape index (κ1) is 45.7. The molecule has 0 heterocycles. The van der Waals surface area contributed by atoms with Crippen molar-refractivity contribution in [1.82, 2.24) is 0 Å². The predicted octanol–water partition coefficient (Wildman–Crippen LogP) is 12.2. The number of halogens is 1. The Morgan fingerprint density at radius 1 is 0.311 bits per heavy atom. The molecule has 0 bridgehead atoms. The summed E-state index contributed by atoms with van der Waals surface area (Å²) in [5, 5.41) is 12.7. The first-order chi connectivity index (χ1) is 30.3. The molecule has 0 atom stereocenters. The Hall–Kier alpha value is -4.82. The number of hydrogen-bond acceptors (Lipinski definition) is 0. The average Bonchev–Trinajstić information content (AvgIpc) is 3.36. The Bertz CT molecular complexity index is 2330.